The minimum atomic E-state index is -0.944. The maximum absolute atomic E-state index is 10.1. The molecule has 0 saturated carbocycles. The van der Waals surface area contributed by atoms with E-state index in [-0.39, 0.29) is 13.2 Å². The largest absolute Gasteiger partial charge is 0.489 e. The molecule has 0 aromatic heterocycles. The molecule has 0 fully saturated rings. The third-order valence-corrected chi connectivity index (χ3v) is 4.70. The molecule has 3 rings (SSSR count). The molecule has 3 aromatic rings. The fourth-order valence-corrected chi connectivity index (χ4v) is 2.98. The minimum absolute atomic E-state index is 0.194. The van der Waals surface area contributed by atoms with Gasteiger partial charge in [-0.3, -0.25) is 0 Å². The molecule has 0 heterocycles. The molecule has 0 aliphatic carbocycles. The molecule has 0 spiro atoms. The second-order valence-electron chi connectivity index (χ2n) is 6.64. The van der Waals surface area contributed by atoms with Crippen LogP contribution < -0.4 is 4.74 Å². The van der Waals surface area contributed by atoms with Crippen molar-refractivity contribution in [3.8, 4) is 5.75 Å². The van der Waals surface area contributed by atoms with Crippen LogP contribution in [0.4, 0.5) is 0 Å². The second kappa shape index (κ2) is 10.0. The highest BCUT2D eigenvalue weighted by molar-refractivity contribution is 5.33. The van der Waals surface area contributed by atoms with Crippen LogP contribution >= 0.6 is 0 Å². The van der Waals surface area contributed by atoms with E-state index in [1.165, 1.54) is 0 Å². The van der Waals surface area contributed by atoms with Crippen LogP contribution in [0.1, 0.15) is 16.7 Å². The molecule has 0 amide bonds. The minimum Gasteiger partial charge on any atom is -0.489 e. The Hall–Kier alpha value is -2.66. The Morgan fingerprint density at radius 2 is 1.43 bits per heavy atom. The second-order valence-corrected chi connectivity index (χ2v) is 6.64. The van der Waals surface area contributed by atoms with E-state index in [1.807, 2.05) is 84.9 Å². The Kier molecular flexibility index (Phi) is 7.20. The van der Waals surface area contributed by atoms with E-state index < -0.39 is 5.60 Å². The summed E-state index contributed by atoms with van der Waals surface area (Å²) in [6.45, 7) is 0.974. The van der Waals surface area contributed by atoms with Gasteiger partial charge in [0.25, 0.3) is 0 Å². The number of rotatable bonds is 10. The molecule has 1 N–H and O–H groups in total. The zero-order valence-corrected chi connectivity index (χ0v) is 16.1. The van der Waals surface area contributed by atoms with Crippen molar-refractivity contribution < 1.29 is 19.3 Å². The van der Waals surface area contributed by atoms with Crippen LogP contribution in [0.25, 0.3) is 0 Å². The summed E-state index contributed by atoms with van der Waals surface area (Å²) in [6.07, 6.45) is 0. The molecule has 0 bridgehead atoms. The van der Waals surface area contributed by atoms with Crippen molar-refractivity contribution in [3.63, 3.8) is 0 Å². The Morgan fingerprint density at radius 1 is 0.786 bits per heavy atom. The van der Waals surface area contributed by atoms with Crippen molar-refractivity contribution in [1.29, 1.82) is 0 Å². The van der Waals surface area contributed by atoms with E-state index in [9.17, 15) is 5.11 Å². The summed E-state index contributed by atoms with van der Waals surface area (Å²) < 4.78 is 17.5. The lowest BCUT2D eigenvalue weighted by molar-refractivity contribution is -0.112. The monoisotopic (exact) mass is 378 g/mol. The Balaban J connectivity index is 1.68. The van der Waals surface area contributed by atoms with E-state index >= 15 is 0 Å². The summed E-state index contributed by atoms with van der Waals surface area (Å²) >= 11 is 0. The fraction of sp³-hybridized carbons (Fsp3) is 0.250. The molecule has 4 nitrogen and oxygen atoms in total. The van der Waals surface area contributed by atoms with Crippen molar-refractivity contribution in [2.45, 2.75) is 18.8 Å². The van der Waals surface area contributed by atoms with Gasteiger partial charge in [0.05, 0.1) is 19.8 Å². The molecule has 1 atom stereocenters. The van der Waals surface area contributed by atoms with Gasteiger partial charge in [-0.25, -0.2) is 0 Å². The van der Waals surface area contributed by atoms with Gasteiger partial charge in [-0.1, -0.05) is 72.8 Å². The third-order valence-electron chi connectivity index (χ3n) is 4.70. The Morgan fingerprint density at radius 3 is 2.04 bits per heavy atom. The first kappa shape index (κ1) is 20.1. The van der Waals surface area contributed by atoms with Gasteiger partial charge in [-0.05, 0) is 28.8 Å². The summed E-state index contributed by atoms with van der Waals surface area (Å²) in [5.41, 5.74) is 2.04. The number of ether oxygens (including phenoxy) is 3. The van der Waals surface area contributed by atoms with Crippen LogP contribution in [0.5, 0.6) is 5.75 Å². The normalized spacial score (nSPS) is 13.1. The lowest BCUT2D eigenvalue weighted by atomic mass is 9.95. The first-order chi connectivity index (χ1) is 13.8. The first-order valence-electron chi connectivity index (χ1n) is 9.31. The molecule has 146 valence electrons. The van der Waals surface area contributed by atoms with E-state index in [4.69, 9.17) is 14.2 Å². The zero-order chi connectivity index (χ0) is 19.7. The van der Waals surface area contributed by atoms with Crippen LogP contribution in [0.15, 0.2) is 84.9 Å². The highest BCUT2D eigenvalue weighted by atomic mass is 16.5. The number of hydrogen-bond donors (Lipinski definition) is 1. The summed E-state index contributed by atoms with van der Waals surface area (Å²) in [7, 11) is 1.58. The Bertz CT molecular complexity index is 829. The summed E-state index contributed by atoms with van der Waals surface area (Å²) in [5, 5.41) is 10.1. The van der Waals surface area contributed by atoms with Crippen molar-refractivity contribution in [1.82, 2.24) is 0 Å². The fourth-order valence-electron chi connectivity index (χ4n) is 2.98. The van der Waals surface area contributed by atoms with Gasteiger partial charge in [-0.2, -0.15) is 0 Å². The maximum atomic E-state index is 10.1. The van der Waals surface area contributed by atoms with Crippen molar-refractivity contribution in [2.24, 2.45) is 0 Å². The molecular formula is C24H26O4. The molecule has 0 radical (unpaired) electrons. The van der Waals surface area contributed by atoms with E-state index in [0.717, 1.165) is 22.4 Å². The summed E-state index contributed by atoms with van der Waals surface area (Å²) in [5.74, 6) is 0.722. The van der Waals surface area contributed by atoms with E-state index in [0.29, 0.717) is 13.2 Å². The maximum Gasteiger partial charge on any atom is 0.139 e. The molecule has 1 unspecified atom stereocenters. The van der Waals surface area contributed by atoms with Gasteiger partial charge in [0.2, 0.25) is 0 Å². The molecule has 0 saturated heterocycles. The van der Waals surface area contributed by atoms with Gasteiger partial charge in [0.15, 0.2) is 0 Å². The quantitative estimate of drug-likeness (QED) is 0.571. The highest BCUT2D eigenvalue weighted by Gasteiger charge is 2.32. The smallest absolute Gasteiger partial charge is 0.139 e. The van der Waals surface area contributed by atoms with Gasteiger partial charge in [0, 0.05) is 7.11 Å². The van der Waals surface area contributed by atoms with Gasteiger partial charge >= 0.3 is 0 Å². The molecule has 4 heteroatoms. The average Bonchev–Trinajstić information content (AvgIpc) is 2.77. The number of benzene rings is 3. The highest BCUT2D eigenvalue weighted by Crippen LogP contribution is 2.29. The van der Waals surface area contributed by atoms with Crippen LogP contribution in [-0.2, 0) is 28.3 Å². The third kappa shape index (κ3) is 5.20. The molecule has 28 heavy (non-hydrogen) atoms. The predicted octanol–water partition coefficient (Wildman–Crippen LogP) is 4.32. The van der Waals surface area contributed by atoms with Crippen LogP contribution in [-0.4, -0.2) is 25.4 Å². The van der Waals surface area contributed by atoms with Gasteiger partial charge in [0.1, 0.15) is 18.0 Å². The van der Waals surface area contributed by atoms with Crippen molar-refractivity contribution in [3.05, 3.63) is 102 Å². The lowest BCUT2D eigenvalue weighted by Crippen LogP contribution is -2.38. The average molecular weight is 378 g/mol. The summed E-state index contributed by atoms with van der Waals surface area (Å²) in [6, 6.07) is 27.5. The number of aliphatic hydroxyl groups excluding tert-OH is 1. The first-order valence-corrected chi connectivity index (χ1v) is 9.31. The lowest BCUT2D eigenvalue weighted by Gasteiger charge is -2.31. The van der Waals surface area contributed by atoms with Crippen molar-refractivity contribution >= 4 is 0 Å². The molecule has 0 aliphatic heterocycles. The number of aliphatic hydroxyl groups is 1. The number of hydrogen-bond acceptors (Lipinski definition) is 4. The van der Waals surface area contributed by atoms with E-state index in [1.54, 1.807) is 7.11 Å². The predicted molar refractivity (Wildman–Crippen MR) is 109 cm³/mol. The SMILES string of the molecule is COC(CO)(COCc1ccccc1)c1cccc(OCc2ccccc2)c1. The molecular weight excluding hydrogens is 352 g/mol. The van der Waals surface area contributed by atoms with Crippen LogP contribution in [0.2, 0.25) is 0 Å². The van der Waals surface area contributed by atoms with E-state index in [2.05, 4.69) is 0 Å². The van der Waals surface area contributed by atoms with Crippen LogP contribution in [0.3, 0.4) is 0 Å². The van der Waals surface area contributed by atoms with Crippen molar-refractivity contribution in [2.75, 3.05) is 20.3 Å². The zero-order valence-electron chi connectivity index (χ0n) is 16.1. The van der Waals surface area contributed by atoms with Gasteiger partial charge in [-0.15, -0.1) is 0 Å². The van der Waals surface area contributed by atoms with Gasteiger partial charge < -0.3 is 19.3 Å². The molecule has 0 aliphatic rings. The Labute approximate surface area is 166 Å². The number of methoxy groups -OCH3 is 1. The molecule has 3 aromatic carbocycles. The van der Waals surface area contributed by atoms with Crippen LogP contribution in [0, 0.1) is 0 Å². The summed E-state index contributed by atoms with van der Waals surface area (Å²) in [4.78, 5) is 0. The topological polar surface area (TPSA) is 47.9 Å². The standard InChI is InChI=1S/C24H26O4/c1-26-24(18-25,19-27-16-20-9-4-2-5-10-20)22-13-8-14-23(15-22)28-17-21-11-6-3-7-12-21/h2-15,25H,16-19H2,1H3.